The number of carbonyl (C=O) groups excluding carboxylic acids is 1. The highest BCUT2D eigenvalue weighted by Gasteiger charge is 2.33. The second-order valence-electron chi connectivity index (χ2n) is 9.39. The third-order valence-corrected chi connectivity index (χ3v) is 7.37. The van der Waals surface area contributed by atoms with Crippen molar-refractivity contribution in [1.82, 2.24) is 14.7 Å². The van der Waals surface area contributed by atoms with Gasteiger partial charge in [-0.3, -0.25) is 9.48 Å². The molecule has 1 aromatic heterocycles. The van der Waals surface area contributed by atoms with Crippen molar-refractivity contribution in [3.8, 4) is 0 Å². The molecule has 0 spiro atoms. The van der Waals surface area contributed by atoms with Gasteiger partial charge in [-0.2, -0.15) is 5.10 Å². The summed E-state index contributed by atoms with van der Waals surface area (Å²) >= 11 is 0. The third kappa shape index (κ3) is 4.76. The number of piperidine rings is 1. The van der Waals surface area contributed by atoms with Gasteiger partial charge in [0.05, 0.1) is 17.8 Å². The van der Waals surface area contributed by atoms with Crippen LogP contribution in [0.1, 0.15) is 88.5 Å². The molecule has 0 radical (unpaired) electrons. The van der Waals surface area contributed by atoms with Crippen molar-refractivity contribution in [1.29, 1.82) is 0 Å². The monoisotopic (exact) mass is 389 g/mol. The standard InChI is InChI=1S/C22H35N3O3/c1-4-22(2,3)18-7-5-16(6-8-18)13-20(26)24-11-9-19(10-12-24)25-15-17(14-23-25)21(27)28/h14-16,18-19H,4-13H2,1-3H3,(H,27,28). The van der Waals surface area contributed by atoms with Crippen LogP contribution < -0.4 is 0 Å². The highest BCUT2D eigenvalue weighted by molar-refractivity contribution is 5.86. The molecule has 0 unspecified atom stereocenters. The van der Waals surface area contributed by atoms with Gasteiger partial charge in [0.2, 0.25) is 5.91 Å². The van der Waals surface area contributed by atoms with E-state index in [4.69, 9.17) is 5.11 Å². The van der Waals surface area contributed by atoms with E-state index in [1.807, 2.05) is 4.90 Å². The van der Waals surface area contributed by atoms with Crippen LogP contribution in [0.4, 0.5) is 0 Å². The topological polar surface area (TPSA) is 75.4 Å². The Morgan fingerprint density at radius 2 is 1.79 bits per heavy atom. The quantitative estimate of drug-likeness (QED) is 0.783. The molecule has 1 aliphatic carbocycles. The molecule has 6 heteroatoms. The second-order valence-corrected chi connectivity index (χ2v) is 9.39. The van der Waals surface area contributed by atoms with Crippen LogP contribution in [0.25, 0.3) is 0 Å². The first-order chi connectivity index (χ1) is 13.3. The van der Waals surface area contributed by atoms with E-state index in [2.05, 4.69) is 25.9 Å². The zero-order valence-corrected chi connectivity index (χ0v) is 17.6. The van der Waals surface area contributed by atoms with Gasteiger partial charge in [0.15, 0.2) is 0 Å². The molecule has 1 aliphatic heterocycles. The summed E-state index contributed by atoms with van der Waals surface area (Å²) in [6.45, 7) is 8.53. The van der Waals surface area contributed by atoms with Crippen LogP contribution in [0.15, 0.2) is 12.4 Å². The molecule has 2 aliphatic rings. The minimum absolute atomic E-state index is 0.184. The first-order valence-electron chi connectivity index (χ1n) is 10.9. The molecule has 0 bridgehead atoms. The number of carboxylic acid groups (broad SMARTS) is 1. The van der Waals surface area contributed by atoms with Gasteiger partial charge >= 0.3 is 5.97 Å². The van der Waals surface area contributed by atoms with Crippen molar-refractivity contribution in [2.75, 3.05) is 13.1 Å². The maximum atomic E-state index is 12.8. The van der Waals surface area contributed by atoms with E-state index in [9.17, 15) is 9.59 Å². The molecule has 0 atom stereocenters. The van der Waals surface area contributed by atoms with Gasteiger partial charge in [-0.25, -0.2) is 4.79 Å². The molecular formula is C22H35N3O3. The molecular weight excluding hydrogens is 354 g/mol. The molecule has 1 aromatic rings. The smallest absolute Gasteiger partial charge is 0.338 e. The van der Waals surface area contributed by atoms with Crippen LogP contribution in [0.5, 0.6) is 0 Å². The van der Waals surface area contributed by atoms with Gasteiger partial charge in [0.25, 0.3) is 0 Å². The van der Waals surface area contributed by atoms with Crippen LogP contribution in [0, 0.1) is 17.3 Å². The highest BCUT2D eigenvalue weighted by atomic mass is 16.4. The van der Waals surface area contributed by atoms with E-state index in [1.54, 1.807) is 10.9 Å². The van der Waals surface area contributed by atoms with Crippen molar-refractivity contribution < 1.29 is 14.7 Å². The predicted octanol–water partition coefficient (Wildman–Crippen LogP) is 4.38. The first-order valence-corrected chi connectivity index (χ1v) is 10.9. The SMILES string of the molecule is CCC(C)(C)C1CCC(CC(=O)N2CCC(n3cc(C(=O)O)cn3)CC2)CC1. The van der Waals surface area contributed by atoms with Crippen LogP contribution in [-0.4, -0.2) is 44.8 Å². The van der Waals surface area contributed by atoms with Crippen molar-refractivity contribution in [3.63, 3.8) is 0 Å². The average Bonchev–Trinajstić information content (AvgIpc) is 3.19. The molecule has 2 heterocycles. The Labute approximate surface area is 168 Å². The Bertz CT molecular complexity index is 681. The molecule has 28 heavy (non-hydrogen) atoms. The zero-order valence-electron chi connectivity index (χ0n) is 17.6. The van der Waals surface area contributed by atoms with E-state index in [0.717, 1.165) is 31.8 Å². The van der Waals surface area contributed by atoms with E-state index in [1.165, 1.54) is 38.3 Å². The lowest BCUT2D eigenvalue weighted by molar-refractivity contribution is -0.134. The number of carboxylic acids is 1. The molecule has 1 saturated carbocycles. The number of carbonyl (C=O) groups is 2. The Kier molecular flexibility index (Phi) is 6.46. The van der Waals surface area contributed by atoms with Crippen molar-refractivity contribution in [2.45, 2.75) is 78.2 Å². The van der Waals surface area contributed by atoms with Gasteiger partial charge < -0.3 is 10.0 Å². The molecule has 3 rings (SSSR count). The second kappa shape index (κ2) is 8.66. The number of hydrogen-bond acceptors (Lipinski definition) is 3. The predicted molar refractivity (Wildman–Crippen MR) is 108 cm³/mol. The van der Waals surface area contributed by atoms with E-state index >= 15 is 0 Å². The fraction of sp³-hybridized carbons (Fsp3) is 0.773. The maximum absolute atomic E-state index is 12.8. The number of likely N-dealkylation sites (tertiary alicyclic amines) is 1. The van der Waals surface area contributed by atoms with E-state index < -0.39 is 5.97 Å². The Morgan fingerprint density at radius 1 is 1.14 bits per heavy atom. The number of amides is 1. The first kappa shape index (κ1) is 20.9. The summed E-state index contributed by atoms with van der Waals surface area (Å²) in [4.78, 5) is 25.8. The molecule has 1 saturated heterocycles. The molecule has 6 nitrogen and oxygen atoms in total. The molecule has 0 aromatic carbocycles. The van der Waals surface area contributed by atoms with Gasteiger partial charge in [0.1, 0.15) is 0 Å². The lowest BCUT2D eigenvalue weighted by Gasteiger charge is -2.39. The normalized spacial score (nSPS) is 24.3. The largest absolute Gasteiger partial charge is 0.478 e. The zero-order chi connectivity index (χ0) is 20.3. The Balaban J connectivity index is 1.44. The summed E-state index contributed by atoms with van der Waals surface area (Å²) in [5, 5.41) is 13.2. The fourth-order valence-electron chi connectivity index (χ4n) is 4.84. The number of hydrogen-bond donors (Lipinski definition) is 1. The van der Waals surface area contributed by atoms with Gasteiger partial charge in [0, 0.05) is 25.7 Å². The maximum Gasteiger partial charge on any atom is 0.338 e. The van der Waals surface area contributed by atoms with Crippen LogP contribution in [-0.2, 0) is 4.79 Å². The lowest BCUT2D eigenvalue weighted by Crippen LogP contribution is -2.40. The molecule has 156 valence electrons. The van der Waals surface area contributed by atoms with E-state index in [-0.39, 0.29) is 11.6 Å². The van der Waals surface area contributed by atoms with Crippen LogP contribution in [0.2, 0.25) is 0 Å². The summed E-state index contributed by atoms with van der Waals surface area (Å²) in [7, 11) is 0. The van der Waals surface area contributed by atoms with Crippen molar-refractivity contribution in [2.24, 2.45) is 17.3 Å². The molecule has 1 N–H and O–H groups in total. The number of aromatic carboxylic acids is 1. The van der Waals surface area contributed by atoms with E-state index in [0.29, 0.717) is 23.7 Å². The van der Waals surface area contributed by atoms with Crippen LogP contribution in [0.3, 0.4) is 0 Å². The van der Waals surface area contributed by atoms with Crippen LogP contribution >= 0.6 is 0 Å². The lowest BCUT2D eigenvalue weighted by atomic mass is 9.67. The highest BCUT2D eigenvalue weighted by Crippen LogP contribution is 2.43. The minimum atomic E-state index is -0.948. The summed E-state index contributed by atoms with van der Waals surface area (Å²) in [6, 6.07) is 0.184. The number of nitrogens with zero attached hydrogens (tertiary/aromatic N) is 3. The third-order valence-electron chi connectivity index (χ3n) is 7.37. The van der Waals surface area contributed by atoms with Gasteiger partial charge in [-0.1, -0.05) is 27.2 Å². The minimum Gasteiger partial charge on any atom is -0.478 e. The number of rotatable bonds is 6. The molecule has 2 fully saturated rings. The van der Waals surface area contributed by atoms with Crippen molar-refractivity contribution in [3.05, 3.63) is 18.0 Å². The summed E-state index contributed by atoms with van der Waals surface area (Å²) in [6.07, 6.45) is 11.5. The Morgan fingerprint density at radius 3 is 2.32 bits per heavy atom. The molecule has 1 amide bonds. The average molecular weight is 390 g/mol. The summed E-state index contributed by atoms with van der Waals surface area (Å²) in [5.74, 6) is 0.682. The Hall–Kier alpha value is -1.85. The summed E-state index contributed by atoms with van der Waals surface area (Å²) in [5.41, 5.74) is 0.643. The van der Waals surface area contributed by atoms with Gasteiger partial charge in [-0.05, 0) is 55.8 Å². The number of aromatic nitrogens is 2. The van der Waals surface area contributed by atoms with Crippen molar-refractivity contribution >= 4 is 11.9 Å². The summed E-state index contributed by atoms with van der Waals surface area (Å²) < 4.78 is 1.75. The van der Waals surface area contributed by atoms with Gasteiger partial charge in [-0.15, -0.1) is 0 Å². The fourth-order valence-corrected chi connectivity index (χ4v) is 4.84.